The molecule has 19 nitrogen and oxygen atoms in total. The molecule has 0 bridgehead atoms. The van der Waals surface area contributed by atoms with E-state index >= 15 is 0 Å². The summed E-state index contributed by atoms with van der Waals surface area (Å²) in [5.74, 6) is -0.265. The molecule has 0 aliphatic carbocycles. The van der Waals surface area contributed by atoms with Crippen molar-refractivity contribution in [2.75, 3.05) is 26.4 Å². The number of hydrogen-bond donors (Lipinski definition) is 12. The molecule has 0 radical (unpaired) electrons. The van der Waals surface area contributed by atoms with Crippen molar-refractivity contribution in [3.63, 3.8) is 0 Å². The van der Waals surface area contributed by atoms with Gasteiger partial charge in [0.05, 0.1) is 38.6 Å². The van der Waals surface area contributed by atoms with Crippen LogP contribution in [0.15, 0.2) is 36.5 Å². The van der Waals surface area contributed by atoms with Crippen LogP contribution in [0.4, 0.5) is 0 Å². The number of carbonyl (C=O) groups excluding carboxylic acids is 1. The van der Waals surface area contributed by atoms with Gasteiger partial charge in [-0.25, -0.2) is 0 Å². The number of allylic oxidation sites excluding steroid dienone is 6. The van der Waals surface area contributed by atoms with Gasteiger partial charge >= 0.3 is 0 Å². The third kappa shape index (κ3) is 21.5. The first-order valence-corrected chi connectivity index (χ1v) is 26.2. The Hall–Kier alpha value is -1.99. The smallest absolute Gasteiger partial charge is 0.220 e. The number of amides is 1. The van der Waals surface area contributed by atoms with Crippen molar-refractivity contribution in [3.8, 4) is 0 Å². The van der Waals surface area contributed by atoms with E-state index in [1.807, 2.05) is 0 Å². The van der Waals surface area contributed by atoms with Gasteiger partial charge < -0.3 is 89.9 Å². The topological polar surface area (TPSA) is 307 Å². The molecule has 3 aliphatic rings. The Labute approximate surface area is 415 Å². The average molecular weight is 1010 g/mol. The summed E-state index contributed by atoms with van der Waals surface area (Å²) in [5.41, 5.74) is 0. The molecule has 70 heavy (non-hydrogen) atoms. The Morgan fingerprint density at radius 1 is 0.529 bits per heavy atom. The number of aliphatic hydroxyl groups excluding tert-OH is 11. The van der Waals surface area contributed by atoms with Crippen LogP contribution < -0.4 is 5.32 Å². The molecule has 12 N–H and O–H groups in total. The molecule has 408 valence electrons. The lowest BCUT2D eigenvalue weighted by molar-refractivity contribution is -0.379. The van der Waals surface area contributed by atoms with Crippen LogP contribution >= 0.6 is 0 Å². The molecule has 0 aromatic heterocycles. The maximum atomic E-state index is 13.2. The molecule has 0 saturated carbocycles. The van der Waals surface area contributed by atoms with E-state index in [0.29, 0.717) is 12.8 Å². The van der Waals surface area contributed by atoms with Gasteiger partial charge in [0, 0.05) is 6.42 Å². The van der Waals surface area contributed by atoms with Gasteiger partial charge in [-0.05, 0) is 44.9 Å². The predicted molar refractivity (Wildman–Crippen MR) is 259 cm³/mol. The number of nitrogens with one attached hydrogen (secondary N) is 1. The van der Waals surface area contributed by atoms with Crippen molar-refractivity contribution in [1.82, 2.24) is 5.32 Å². The Morgan fingerprint density at radius 2 is 0.986 bits per heavy atom. The summed E-state index contributed by atoms with van der Waals surface area (Å²) in [5, 5.41) is 120. The van der Waals surface area contributed by atoms with Gasteiger partial charge in [0.1, 0.15) is 73.2 Å². The molecule has 3 aliphatic heterocycles. The van der Waals surface area contributed by atoms with Crippen LogP contribution in [0.3, 0.4) is 0 Å². The van der Waals surface area contributed by atoms with Crippen molar-refractivity contribution < 1.29 is 89.4 Å². The fourth-order valence-corrected chi connectivity index (χ4v) is 8.85. The van der Waals surface area contributed by atoms with E-state index in [9.17, 15) is 61.0 Å². The van der Waals surface area contributed by atoms with E-state index in [2.05, 4.69) is 55.6 Å². The minimum Gasteiger partial charge on any atom is -0.394 e. The van der Waals surface area contributed by atoms with Crippen LogP contribution in [0.25, 0.3) is 0 Å². The van der Waals surface area contributed by atoms with Crippen molar-refractivity contribution in [2.24, 2.45) is 0 Å². The van der Waals surface area contributed by atoms with Crippen molar-refractivity contribution in [3.05, 3.63) is 36.5 Å². The van der Waals surface area contributed by atoms with E-state index in [1.165, 1.54) is 38.5 Å². The highest BCUT2D eigenvalue weighted by atomic mass is 16.8. The van der Waals surface area contributed by atoms with E-state index in [4.69, 9.17) is 28.4 Å². The molecule has 0 aromatic carbocycles. The molecule has 17 unspecified atom stereocenters. The van der Waals surface area contributed by atoms with Gasteiger partial charge in [0.2, 0.25) is 5.91 Å². The van der Waals surface area contributed by atoms with E-state index in [0.717, 1.165) is 77.0 Å². The van der Waals surface area contributed by atoms with Crippen LogP contribution in [0, 0.1) is 0 Å². The average Bonchev–Trinajstić information content (AvgIpc) is 3.35. The number of carbonyl (C=O) groups is 1. The van der Waals surface area contributed by atoms with E-state index < -0.39 is 124 Å². The molecule has 0 aromatic rings. The minimum absolute atomic E-state index is 0.246. The Kier molecular flexibility index (Phi) is 32.1. The molecule has 19 heteroatoms. The third-order valence-electron chi connectivity index (χ3n) is 13.2. The van der Waals surface area contributed by atoms with Gasteiger partial charge in [-0.3, -0.25) is 4.79 Å². The highest BCUT2D eigenvalue weighted by Crippen LogP contribution is 2.33. The minimum atomic E-state index is -1.97. The molecule has 3 rings (SSSR count). The highest BCUT2D eigenvalue weighted by Gasteiger charge is 2.53. The first-order valence-electron chi connectivity index (χ1n) is 26.2. The summed E-state index contributed by atoms with van der Waals surface area (Å²) >= 11 is 0. The van der Waals surface area contributed by atoms with Gasteiger partial charge in [-0.1, -0.05) is 134 Å². The van der Waals surface area contributed by atoms with Crippen LogP contribution in [-0.2, 0) is 33.2 Å². The number of rotatable bonds is 36. The molecule has 3 saturated heterocycles. The molecule has 17 atom stereocenters. The van der Waals surface area contributed by atoms with Crippen LogP contribution in [0.5, 0.6) is 0 Å². The summed E-state index contributed by atoms with van der Waals surface area (Å²) in [6.07, 6.45) is 6.86. The monoisotopic (exact) mass is 1010 g/mol. The number of unbranched alkanes of at least 4 members (excludes halogenated alkanes) is 14. The second kappa shape index (κ2) is 36.0. The maximum absolute atomic E-state index is 13.2. The molecule has 3 fully saturated rings. The first-order chi connectivity index (χ1) is 33.8. The molecular weight excluding hydrogens is 915 g/mol. The number of hydrogen-bond acceptors (Lipinski definition) is 18. The zero-order chi connectivity index (χ0) is 51.3. The summed E-state index contributed by atoms with van der Waals surface area (Å²) in [6, 6.07) is -0.893. The van der Waals surface area contributed by atoms with E-state index in [-0.39, 0.29) is 18.9 Å². The maximum Gasteiger partial charge on any atom is 0.220 e. The first kappa shape index (κ1) is 62.3. The van der Waals surface area contributed by atoms with Crippen molar-refractivity contribution in [1.29, 1.82) is 0 Å². The van der Waals surface area contributed by atoms with Crippen molar-refractivity contribution in [2.45, 2.75) is 253 Å². The lowest BCUT2D eigenvalue weighted by atomic mass is 9.96. The Morgan fingerprint density at radius 3 is 1.54 bits per heavy atom. The summed E-state index contributed by atoms with van der Waals surface area (Å²) in [6.45, 7) is 1.60. The van der Waals surface area contributed by atoms with Gasteiger partial charge in [0.15, 0.2) is 18.9 Å². The molecule has 3 heterocycles. The Bertz CT molecular complexity index is 1440. The van der Waals surface area contributed by atoms with E-state index in [1.54, 1.807) is 0 Å². The SMILES string of the molecule is CC/C=C\C/C=C\C/C=C\CCCCCCCC(=O)NC(COC1OC(CO)C(OC2OC(CO)C(OC3OC(CO)C(O)C(O)C3O)C(O)C2O)C(O)C1O)C(O)CCCCCCCCCCCC. The van der Waals surface area contributed by atoms with Crippen molar-refractivity contribution >= 4 is 5.91 Å². The fraction of sp³-hybridized carbons (Fsp3) is 0.863. The molecule has 1 amide bonds. The summed E-state index contributed by atoms with van der Waals surface area (Å²) in [4.78, 5) is 13.2. The fourth-order valence-electron chi connectivity index (χ4n) is 8.85. The van der Waals surface area contributed by atoms with Crippen LogP contribution in [-0.4, -0.2) is 193 Å². The van der Waals surface area contributed by atoms with Crippen LogP contribution in [0.2, 0.25) is 0 Å². The normalized spacial score (nSPS) is 32.8. The lowest BCUT2D eigenvalue weighted by Crippen LogP contribution is -2.66. The number of aliphatic hydroxyl groups is 11. The zero-order valence-corrected chi connectivity index (χ0v) is 41.7. The second-order valence-corrected chi connectivity index (χ2v) is 19.0. The highest BCUT2D eigenvalue weighted by molar-refractivity contribution is 5.76. The zero-order valence-electron chi connectivity index (χ0n) is 41.7. The summed E-state index contributed by atoms with van der Waals surface area (Å²) < 4.78 is 34.1. The molecular formula is C51H91NO18. The van der Waals surface area contributed by atoms with Gasteiger partial charge in [-0.15, -0.1) is 0 Å². The predicted octanol–water partition coefficient (Wildman–Crippen LogP) is 2.20. The quantitative estimate of drug-likeness (QED) is 0.0316. The third-order valence-corrected chi connectivity index (χ3v) is 13.2. The molecule has 0 spiro atoms. The Balaban J connectivity index is 1.54. The van der Waals surface area contributed by atoms with Crippen LogP contribution in [0.1, 0.15) is 149 Å². The summed E-state index contributed by atoms with van der Waals surface area (Å²) in [7, 11) is 0. The second-order valence-electron chi connectivity index (χ2n) is 19.0. The lowest BCUT2D eigenvalue weighted by Gasteiger charge is -2.48. The number of ether oxygens (including phenoxy) is 6. The van der Waals surface area contributed by atoms with Gasteiger partial charge in [-0.2, -0.15) is 0 Å². The largest absolute Gasteiger partial charge is 0.394 e. The van der Waals surface area contributed by atoms with Gasteiger partial charge in [0.25, 0.3) is 0 Å². The standard InChI is InChI=1S/C51H91NO18/c1-3-5-7-9-11-13-15-16-17-18-19-21-23-25-27-29-39(57)52-34(35(56)28-26-24-22-20-14-12-10-8-6-4-2)33-65-49-45(63)42(60)47(37(31-54)67-49)70-51-46(64)43(61)48(38(32-55)68-51)69-50-44(62)41(59)40(58)36(30-53)66-50/h5,7,11,13,16-17,34-38,40-51,53-56,58-64H,3-4,6,8-10,12,14-15,18-33H2,1-2H3,(H,52,57)/b7-5-,13-11-,17-16-.